The number of fused-ring (bicyclic) bond motifs is 1. The Kier molecular flexibility index (Phi) is 6.89. The van der Waals surface area contributed by atoms with Crippen LogP contribution in [0.25, 0.3) is 22.4 Å². The monoisotopic (exact) mass is 558 g/mol. The van der Waals surface area contributed by atoms with Crippen LogP contribution in [0.1, 0.15) is 27.3 Å². The van der Waals surface area contributed by atoms with E-state index in [2.05, 4.69) is 46.2 Å². The Morgan fingerprint density at radius 1 is 0.974 bits per heavy atom. The van der Waals surface area contributed by atoms with Gasteiger partial charge in [0.05, 0.1) is 0 Å². The van der Waals surface area contributed by atoms with Crippen molar-refractivity contribution in [2.75, 3.05) is 31.1 Å². The molecule has 1 aliphatic rings. The van der Waals surface area contributed by atoms with Crippen LogP contribution in [0.2, 0.25) is 10.0 Å². The molecule has 39 heavy (non-hydrogen) atoms. The molecule has 4 heterocycles. The fourth-order valence-corrected chi connectivity index (χ4v) is 5.28. The van der Waals surface area contributed by atoms with E-state index in [1.54, 1.807) is 35.5 Å². The Labute approximate surface area is 235 Å². The zero-order valence-corrected chi connectivity index (χ0v) is 22.7. The zero-order chi connectivity index (χ0) is 26.9. The highest BCUT2D eigenvalue weighted by Gasteiger charge is 2.28. The van der Waals surface area contributed by atoms with Crippen LogP contribution in [0, 0.1) is 6.92 Å². The van der Waals surface area contributed by atoms with Crippen LogP contribution >= 0.6 is 23.2 Å². The van der Waals surface area contributed by atoms with Gasteiger partial charge in [0.1, 0.15) is 22.7 Å². The van der Waals surface area contributed by atoms with Gasteiger partial charge in [-0.3, -0.25) is 9.78 Å². The molecule has 0 saturated carbocycles. The van der Waals surface area contributed by atoms with E-state index in [0.29, 0.717) is 65.4 Å². The molecule has 6 rings (SSSR count). The number of hydrogen-bond acceptors (Lipinski definition) is 7. The average molecular weight is 559 g/mol. The molecule has 10 heteroatoms. The molecule has 0 unspecified atom stereocenters. The van der Waals surface area contributed by atoms with Crippen molar-refractivity contribution >= 4 is 46.0 Å². The van der Waals surface area contributed by atoms with Gasteiger partial charge in [0.25, 0.3) is 11.6 Å². The van der Waals surface area contributed by atoms with Crippen LogP contribution in [0.5, 0.6) is 0 Å². The Morgan fingerprint density at radius 3 is 2.41 bits per heavy atom. The first-order valence-corrected chi connectivity index (χ1v) is 13.3. The lowest BCUT2D eigenvalue weighted by molar-refractivity contribution is 0.0746. The highest BCUT2D eigenvalue weighted by Crippen LogP contribution is 2.34. The number of nitrogens with zero attached hydrogens (tertiary/aromatic N) is 6. The van der Waals surface area contributed by atoms with Crippen molar-refractivity contribution in [3.05, 3.63) is 99.6 Å². The normalized spacial score (nSPS) is 13.7. The molecule has 0 spiro atoms. The predicted octanol–water partition coefficient (Wildman–Crippen LogP) is 5.85. The summed E-state index contributed by atoms with van der Waals surface area (Å²) in [6.45, 7) is 4.23. The molecule has 0 radical (unpaired) electrons. The van der Waals surface area contributed by atoms with Gasteiger partial charge >= 0.3 is 0 Å². The second-order valence-electron chi connectivity index (χ2n) is 9.52. The third-order valence-corrected chi connectivity index (χ3v) is 7.19. The molecule has 196 valence electrons. The quantitative estimate of drug-likeness (QED) is 0.267. The topological polar surface area (TPSA) is 88.3 Å². The number of rotatable bonds is 5. The molecule has 1 fully saturated rings. The summed E-state index contributed by atoms with van der Waals surface area (Å²) in [5.74, 6) is 1.27. The number of halogens is 2. The largest absolute Gasteiger partial charge is 0.352 e. The van der Waals surface area contributed by atoms with Gasteiger partial charge in [-0.25, -0.2) is 4.98 Å². The van der Waals surface area contributed by atoms with Crippen molar-refractivity contribution in [1.29, 1.82) is 0 Å². The Bertz CT molecular complexity index is 1630. The molecule has 1 saturated heterocycles. The number of aromatic nitrogens is 4. The standard InChI is InChI=1S/C29H24Cl2N6O2/c1-18-4-6-19(7-5-18)13-24-33-27(25-26(35-39-28(25)34-24)20-3-2-8-32-17-20)36-9-11-37(12-10-36)29(38)21-14-22(30)16-23(31)15-21/h2-8,14-17H,9-13H2,1H3. The van der Waals surface area contributed by atoms with E-state index < -0.39 is 0 Å². The molecule has 2 aromatic carbocycles. The Hall–Kier alpha value is -4.01. The molecular formula is C29H24Cl2N6O2. The summed E-state index contributed by atoms with van der Waals surface area (Å²) in [5.41, 5.74) is 4.66. The van der Waals surface area contributed by atoms with Crippen molar-refractivity contribution in [3.63, 3.8) is 0 Å². The summed E-state index contributed by atoms with van der Waals surface area (Å²) >= 11 is 12.3. The third-order valence-electron chi connectivity index (χ3n) is 6.76. The van der Waals surface area contributed by atoms with Crippen molar-refractivity contribution in [1.82, 2.24) is 25.0 Å². The number of benzene rings is 2. The zero-order valence-electron chi connectivity index (χ0n) is 21.1. The SMILES string of the molecule is Cc1ccc(Cc2nc(N3CCN(C(=O)c4cc(Cl)cc(Cl)c4)CC3)c3c(-c4cccnc4)noc3n2)cc1. The summed E-state index contributed by atoms with van der Waals surface area (Å²) in [6, 6.07) is 17.0. The van der Waals surface area contributed by atoms with Crippen molar-refractivity contribution in [2.45, 2.75) is 13.3 Å². The minimum Gasteiger partial charge on any atom is -0.352 e. The second-order valence-corrected chi connectivity index (χ2v) is 10.4. The van der Waals surface area contributed by atoms with Crippen molar-refractivity contribution < 1.29 is 9.32 Å². The fourth-order valence-electron chi connectivity index (χ4n) is 4.76. The number of hydrogen-bond donors (Lipinski definition) is 0. The molecule has 5 aromatic rings. The van der Waals surface area contributed by atoms with Crippen molar-refractivity contribution in [3.8, 4) is 11.3 Å². The molecule has 0 N–H and O–H groups in total. The lowest BCUT2D eigenvalue weighted by Gasteiger charge is -2.35. The van der Waals surface area contributed by atoms with Crippen LogP contribution in [0.3, 0.4) is 0 Å². The minimum absolute atomic E-state index is 0.104. The molecule has 0 atom stereocenters. The summed E-state index contributed by atoms with van der Waals surface area (Å²) in [4.78, 5) is 31.1. The summed E-state index contributed by atoms with van der Waals surface area (Å²) in [5, 5.41) is 5.95. The first kappa shape index (κ1) is 25.3. The van der Waals surface area contributed by atoms with Crippen LogP contribution in [-0.4, -0.2) is 57.1 Å². The van der Waals surface area contributed by atoms with E-state index in [-0.39, 0.29) is 5.91 Å². The summed E-state index contributed by atoms with van der Waals surface area (Å²) in [7, 11) is 0. The number of amides is 1. The van der Waals surface area contributed by atoms with E-state index in [1.807, 2.05) is 12.1 Å². The third kappa shape index (κ3) is 5.30. The highest BCUT2D eigenvalue weighted by molar-refractivity contribution is 6.35. The smallest absolute Gasteiger partial charge is 0.263 e. The maximum Gasteiger partial charge on any atom is 0.263 e. The van der Waals surface area contributed by atoms with E-state index in [9.17, 15) is 4.79 Å². The number of piperazine rings is 1. The Balaban J connectivity index is 1.33. The van der Waals surface area contributed by atoms with Crippen LogP contribution in [-0.2, 0) is 6.42 Å². The van der Waals surface area contributed by atoms with Crippen LogP contribution in [0.15, 0.2) is 71.5 Å². The van der Waals surface area contributed by atoms with Crippen LogP contribution in [0.4, 0.5) is 5.82 Å². The predicted molar refractivity (Wildman–Crippen MR) is 151 cm³/mol. The van der Waals surface area contributed by atoms with Gasteiger partial charge in [0, 0.05) is 66.2 Å². The van der Waals surface area contributed by atoms with E-state index >= 15 is 0 Å². The second kappa shape index (κ2) is 10.6. The van der Waals surface area contributed by atoms with E-state index in [0.717, 1.165) is 22.3 Å². The van der Waals surface area contributed by atoms with E-state index in [1.165, 1.54) is 5.56 Å². The van der Waals surface area contributed by atoms with Gasteiger partial charge in [0.15, 0.2) is 0 Å². The lowest BCUT2D eigenvalue weighted by atomic mass is 10.1. The molecule has 3 aromatic heterocycles. The molecular weight excluding hydrogens is 535 g/mol. The molecule has 0 aliphatic carbocycles. The van der Waals surface area contributed by atoms with Gasteiger partial charge in [-0.05, 0) is 42.8 Å². The highest BCUT2D eigenvalue weighted by atomic mass is 35.5. The first-order chi connectivity index (χ1) is 18.9. The number of aryl methyl sites for hydroxylation is 1. The maximum atomic E-state index is 13.2. The maximum absolute atomic E-state index is 13.2. The fraction of sp³-hybridized carbons (Fsp3) is 0.207. The first-order valence-electron chi connectivity index (χ1n) is 12.6. The molecule has 8 nitrogen and oxygen atoms in total. The van der Waals surface area contributed by atoms with Crippen molar-refractivity contribution in [2.24, 2.45) is 0 Å². The van der Waals surface area contributed by atoms with E-state index in [4.69, 9.17) is 37.7 Å². The number of pyridine rings is 1. The number of carbonyl (C=O) groups excluding carboxylic acids is 1. The number of carbonyl (C=O) groups is 1. The minimum atomic E-state index is -0.104. The van der Waals surface area contributed by atoms with Gasteiger partial charge in [-0.1, -0.05) is 58.2 Å². The number of anilines is 1. The van der Waals surface area contributed by atoms with Gasteiger partial charge < -0.3 is 14.3 Å². The lowest BCUT2D eigenvalue weighted by Crippen LogP contribution is -2.49. The summed E-state index contributed by atoms with van der Waals surface area (Å²) in [6.07, 6.45) is 4.01. The van der Waals surface area contributed by atoms with Crippen LogP contribution < -0.4 is 4.90 Å². The summed E-state index contributed by atoms with van der Waals surface area (Å²) < 4.78 is 5.73. The molecule has 0 bridgehead atoms. The molecule has 1 amide bonds. The molecule has 1 aliphatic heterocycles. The Morgan fingerprint density at radius 2 is 1.72 bits per heavy atom. The van der Waals surface area contributed by atoms with Gasteiger partial charge in [-0.2, -0.15) is 4.98 Å². The van der Waals surface area contributed by atoms with Gasteiger partial charge in [0.2, 0.25) is 0 Å². The van der Waals surface area contributed by atoms with Gasteiger partial charge in [-0.15, -0.1) is 0 Å². The average Bonchev–Trinajstić information content (AvgIpc) is 3.38.